The normalized spacial score (nSPS) is 23.8. The van der Waals surface area contributed by atoms with Gasteiger partial charge >= 0.3 is 6.03 Å². The number of rotatable bonds is 1. The summed E-state index contributed by atoms with van der Waals surface area (Å²) in [6.07, 6.45) is 1.20. The molecule has 1 fully saturated rings. The summed E-state index contributed by atoms with van der Waals surface area (Å²) in [6, 6.07) is 5.61. The molecule has 0 saturated carbocycles. The van der Waals surface area contributed by atoms with Crippen LogP contribution in [0.3, 0.4) is 0 Å². The van der Waals surface area contributed by atoms with Crippen LogP contribution in [0.4, 0.5) is 10.6 Å². The number of hydrogen-bond donors (Lipinski definition) is 1. The van der Waals surface area contributed by atoms with Crippen molar-refractivity contribution in [1.29, 1.82) is 0 Å². The summed E-state index contributed by atoms with van der Waals surface area (Å²) in [4.78, 5) is 18.3. The number of likely N-dealkylation sites (tertiary alicyclic amines) is 1. The van der Waals surface area contributed by atoms with Crippen LogP contribution in [0.2, 0.25) is 0 Å². The van der Waals surface area contributed by atoms with Gasteiger partial charge in [0.2, 0.25) is 0 Å². The maximum Gasteiger partial charge on any atom is 0.323 e. The second-order valence-corrected chi connectivity index (χ2v) is 5.45. The number of aryl methyl sites for hydroxylation is 1. The number of nitrogens with zero attached hydrogens (tertiary/aromatic N) is 2. The molecular weight excluding hydrogens is 226 g/mol. The monoisotopic (exact) mass is 247 g/mol. The fourth-order valence-electron chi connectivity index (χ4n) is 2.63. The van der Waals surface area contributed by atoms with Crippen molar-refractivity contribution in [2.45, 2.75) is 27.2 Å². The molecule has 1 saturated heterocycles. The smallest absolute Gasteiger partial charge is 0.323 e. The fourth-order valence-corrected chi connectivity index (χ4v) is 2.63. The molecule has 0 spiro atoms. The van der Waals surface area contributed by atoms with Gasteiger partial charge in [-0.1, -0.05) is 19.9 Å². The summed E-state index contributed by atoms with van der Waals surface area (Å²) in [7, 11) is 0. The molecule has 2 unspecified atom stereocenters. The van der Waals surface area contributed by atoms with E-state index in [0.29, 0.717) is 17.7 Å². The molecule has 1 aliphatic rings. The molecule has 2 rings (SSSR count). The zero-order valence-electron chi connectivity index (χ0n) is 11.3. The van der Waals surface area contributed by atoms with Crippen LogP contribution in [0.5, 0.6) is 0 Å². The molecule has 4 heteroatoms. The van der Waals surface area contributed by atoms with E-state index in [-0.39, 0.29) is 6.03 Å². The number of anilines is 1. The molecule has 0 bridgehead atoms. The van der Waals surface area contributed by atoms with Crippen molar-refractivity contribution in [1.82, 2.24) is 9.88 Å². The lowest BCUT2D eigenvalue weighted by Crippen LogP contribution is -2.44. The molecular formula is C14H21N3O. The van der Waals surface area contributed by atoms with Crippen LogP contribution in [0.15, 0.2) is 18.2 Å². The van der Waals surface area contributed by atoms with E-state index in [4.69, 9.17) is 0 Å². The number of nitrogens with one attached hydrogen (secondary N) is 1. The number of pyridine rings is 1. The van der Waals surface area contributed by atoms with Gasteiger partial charge in [-0.15, -0.1) is 0 Å². The fraction of sp³-hybridized carbons (Fsp3) is 0.571. The molecule has 0 radical (unpaired) electrons. The second kappa shape index (κ2) is 5.38. The van der Waals surface area contributed by atoms with Crippen molar-refractivity contribution in [3.05, 3.63) is 23.9 Å². The molecule has 2 atom stereocenters. The van der Waals surface area contributed by atoms with Crippen LogP contribution >= 0.6 is 0 Å². The first kappa shape index (κ1) is 12.9. The third-order valence-electron chi connectivity index (χ3n) is 3.28. The number of hydrogen-bond acceptors (Lipinski definition) is 2. The van der Waals surface area contributed by atoms with E-state index in [2.05, 4.69) is 24.1 Å². The highest BCUT2D eigenvalue weighted by atomic mass is 16.2. The minimum atomic E-state index is -0.0356. The van der Waals surface area contributed by atoms with Crippen LogP contribution in [0, 0.1) is 18.8 Å². The lowest BCUT2D eigenvalue weighted by Gasteiger charge is -2.34. The van der Waals surface area contributed by atoms with Gasteiger partial charge in [-0.2, -0.15) is 0 Å². The summed E-state index contributed by atoms with van der Waals surface area (Å²) < 4.78 is 0. The minimum absolute atomic E-state index is 0.0356. The maximum atomic E-state index is 12.1. The van der Waals surface area contributed by atoms with Crippen molar-refractivity contribution < 1.29 is 4.79 Å². The summed E-state index contributed by atoms with van der Waals surface area (Å²) in [6.45, 7) is 7.98. The van der Waals surface area contributed by atoms with Gasteiger partial charge in [0, 0.05) is 18.8 Å². The topological polar surface area (TPSA) is 45.2 Å². The van der Waals surface area contributed by atoms with Crippen molar-refractivity contribution in [2.75, 3.05) is 18.4 Å². The number of piperidine rings is 1. The summed E-state index contributed by atoms with van der Waals surface area (Å²) in [5, 5.41) is 2.87. The largest absolute Gasteiger partial charge is 0.324 e. The second-order valence-electron chi connectivity index (χ2n) is 5.45. The zero-order chi connectivity index (χ0) is 13.1. The highest BCUT2D eigenvalue weighted by molar-refractivity contribution is 5.88. The molecule has 2 heterocycles. The molecule has 1 aromatic heterocycles. The van der Waals surface area contributed by atoms with Crippen LogP contribution < -0.4 is 5.32 Å². The van der Waals surface area contributed by atoms with E-state index in [1.54, 1.807) is 0 Å². The first-order chi connectivity index (χ1) is 8.54. The summed E-state index contributed by atoms with van der Waals surface area (Å²) in [5.74, 6) is 1.78. The van der Waals surface area contributed by atoms with Crippen molar-refractivity contribution >= 4 is 11.8 Å². The first-order valence-electron chi connectivity index (χ1n) is 6.54. The number of aromatic nitrogens is 1. The van der Waals surface area contributed by atoms with E-state index in [0.717, 1.165) is 18.8 Å². The minimum Gasteiger partial charge on any atom is -0.324 e. The first-order valence-corrected chi connectivity index (χ1v) is 6.54. The van der Waals surface area contributed by atoms with Gasteiger partial charge in [0.15, 0.2) is 0 Å². The van der Waals surface area contributed by atoms with E-state index in [1.165, 1.54) is 6.42 Å². The Balaban J connectivity index is 1.99. The predicted octanol–water partition coefficient (Wildman–Crippen LogP) is 2.90. The van der Waals surface area contributed by atoms with Gasteiger partial charge in [-0.25, -0.2) is 9.78 Å². The van der Waals surface area contributed by atoms with Crippen molar-refractivity contribution in [3.63, 3.8) is 0 Å². The lowest BCUT2D eigenvalue weighted by atomic mass is 9.92. The molecule has 4 nitrogen and oxygen atoms in total. The SMILES string of the molecule is Cc1cccc(NC(=O)N2CC(C)CC(C)C2)n1. The van der Waals surface area contributed by atoms with Gasteiger partial charge in [0.05, 0.1) is 0 Å². The zero-order valence-corrected chi connectivity index (χ0v) is 11.3. The molecule has 1 N–H and O–H groups in total. The third-order valence-corrected chi connectivity index (χ3v) is 3.28. The molecule has 0 aliphatic carbocycles. The van der Waals surface area contributed by atoms with Crippen LogP contribution in [-0.4, -0.2) is 29.0 Å². The van der Waals surface area contributed by atoms with Gasteiger partial charge in [-0.05, 0) is 37.3 Å². The Bertz CT molecular complexity index is 423. The third kappa shape index (κ3) is 3.22. The molecule has 98 valence electrons. The predicted molar refractivity (Wildman–Crippen MR) is 72.5 cm³/mol. The van der Waals surface area contributed by atoms with Crippen molar-refractivity contribution in [2.24, 2.45) is 11.8 Å². The van der Waals surface area contributed by atoms with Crippen molar-refractivity contribution in [3.8, 4) is 0 Å². The van der Waals surface area contributed by atoms with E-state index >= 15 is 0 Å². The Morgan fingerprint density at radius 2 is 2.00 bits per heavy atom. The highest BCUT2D eigenvalue weighted by Crippen LogP contribution is 2.21. The van der Waals surface area contributed by atoms with E-state index in [9.17, 15) is 4.79 Å². The van der Waals surface area contributed by atoms with Gasteiger partial charge < -0.3 is 4.90 Å². The highest BCUT2D eigenvalue weighted by Gasteiger charge is 2.25. The molecule has 0 aromatic carbocycles. The van der Waals surface area contributed by atoms with E-state index < -0.39 is 0 Å². The Hall–Kier alpha value is -1.58. The average molecular weight is 247 g/mol. The number of carbonyl (C=O) groups excluding carboxylic acids is 1. The summed E-state index contributed by atoms with van der Waals surface area (Å²) >= 11 is 0. The Morgan fingerprint density at radius 1 is 1.33 bits per heavy atom. The van der Waals surface area contributed by atoms with E-state index in [1.807, 2.05) is 30.0 Å². The van der Waals surface area contributed by atoms with Crippen LogP contribution in [-0.2, 0) is 0 Å². The molecule has 1 aromatic rings. The average Bonchev–Trinajstić information content (AvgIpc) is 2.27. The Morgan fingerprint density at radius 3 is 2.61 bits per heavy atom. The quantitative estimate of drug-likeness (QED) is 0.829. The van der Waals surface area contributed by atoms with Gasteiger partial charge in [0.25, 0.3) is 0 Å². The number of urea groups is 1. The number of amides is 2. The number of carbonyl (C=O) groups is 1. The van der Waals surface area contributed by atoms with Gasteiger partial charge in [0.1, 0.15) is 5.82 Å². The summed E-state index contributed by atoms with van der Waals surface area (Å²) in [5.41, 5.74) is 0.910. The molecule has 18 heavy (non-hydrogen) atoms. The molecule has 1 aliphatic heterocycles. The lowest BCUT2D eigenvalue weighted by molar-refractivity contribution is 0.156. The molecule has 2 amide bonds. The standard InChI is InChI=1S/C14H21N3O/c1-10-7-11(2)9-17(8-10)14(18)16-13-6-4-5-12(3)15-13/h4-6,10-11H,7-9H2,1-3H3,(H,15,16,18). The van der Waals surface area contributed by atoms with Crippen LogP contribution in [0.1, 0.15) is 26.0 Å². The Kier molecular flexibility index (Phi) is 3.84. The Labute approximate surface area is 108 Å². The van der Waals surface area contributed by atoms with Crippen LogP contribution in [0.25, 0.3) is 0 Å². The maximum absolute atomic E-state index is 12.1. The van der Waals surface area contributed by atoms with Gasteiger partial charge in [-0.3, -0.25) is 5.32 Å².